The quantitative estimate of drug-likeness (QED) is 0.305. The molecule has 0 aliphatic heterocycles. The number of aryl methyl sites for hydroxylation is 1. The predicted molar refractivity (Wildman–Crippen MR) is 108 cm³/mol. The number of phosphoric acid groups is 1. The summed E-state index contributed by atoms with van der Waals surface area (Å²) in [4.78, 5) is 42.0. The van der Waals surface area contributed by atoms with Gasteiger partial charge in [0.25, 0.3) is 0 Å². The Labute approximate surface area is 179 Å². The highest BCUT2D eigenvalue weighted by Gasteiger charge is 2.21. The Morgan fingerprint density at radius 3 is 2.50 bits per heavy atom. The molecule has 0 fully saturated rings. The first-order valence-electron chi connectivity index (χ1n) is 9.20. The first-order chi connectivity index (χ1) is 15.0. The lowest BCUT2D eigenvalue weighted by atomic mass is 10.0. The van der Waals surface area contributed by atoms with Gasteiger partial charge in [0.1, 0.15) is 5.75 Å². The number of rotatable bonds is 7. The summed E-state index contributed by atoms with van der Waals surface area (Å²) in [5.41, 5.74) is -0.740. The highest BCUT2D eigenvalue weighted by atomic mass is 31.2. The number of hydrogen-bond donors (Lipinski definition) is 4. The second kappa shape index (κ2) is 9.07. The Balaban J connectivity index is 1.66. The lowest BCUT2D eigenvalue weighted by Gasteiger charge is -2.10. The molecule has 0 atom stereocenters. The molecule has 0 saturated carbocycles. The predicted octanol–water partition coefficient (Wildman–Crippen LogP) is 2.46. The van der Waals surface area contributed by atoms with Crippen LogP contribution >= 0.6 is 7.82 Å². The molecule has 0 unspecified atom stereocenters. The maximum Gasteiger partial charge on any atom is 0.524 e. The van der Waals surface area contributed by atoms with Crippen LogP contribution in [0.4, 0.5) is 8.78 Å². The second-order valence-corrected chi connectivity index (χ2v) is 8.06. The van der Waals surface area contributed by atoms with Crippen molar-refractivity contribution in [3.8, 4) is 11.5 Å². The fourth-order valence-electron chi connectivity index (χ4n) is 3.07. The smallest absolute Gasteiger partial charge is 0.503 e. The third-order valence-electron chi connectivity index (χ3n) is 4.67. The maximum absolute atomic E-state index is 14.0. The zero-order valence-electron chi connectivity index (χ0n) is 16.6. The summed E-state index contributed by atoms with van der Waals surface area (Å²) in [7, 11) is -4.65. The molecule has 0 aliphatic rings. The average Bonchev–Trinajstić information content (AvgIpc) is 2.71. The molecular weight excluding hydrogens is 451 g/mol. The third-order valence-corrected chi connectivity index (χ3v) is 5.12. The zero-order chi connectivity index (χ0) is 23.6. The Morgan fingerprint density at radius 2 is 1.88 bits per heavy atom. The third kappa shape index (κ3) is 5.31. The SMILES string of the molecule is Cc1c(CC(=O)NCCc2ccc(OP(=O)(O)O)cc2)c(=O)oc2c(F)c(O)c(F)cc12. The van der Waals surface area contributed by atoms with E-state index in [9.17, 15) is 28.0 Å². The number of carbonyl (C=O) groups is 1. The number of benzene rings is 2. The molecule has 3 aromatic rings. The topological polar surface area (TPSA) is 146 Å². The van der Waals surface area contributed by atoms with Crippen molar-refractivity contribution < 1.29 is 42.0 Å². The van der Waals surface area contributed by atoms with Gasteiger partial charge in [0.2, 0.25) is 11.7 Å². The molecule has 4 N–H and O–H groups in total. The van der Waals surface area contributed by atoms with Crippen LogP contribution < -0.4 is 15.5 Å². The summed E-state index contributed by atoms with van der Waals surface area (Å²) in [5.74, 6) is -4.41. The van der Waals surface area contributed by atoms with Crippen LogP contribution in [0.3, 0.4) is 0 Å². The standard InChI is InChI=1S/C20H18F2NO8P/c1-10-13-8-15(21)18(25)17(22)19(13)30-20(26)14(10)9-16(24)23-7-6-11-2-4-12(5-3-11)31-32(27,28)29/h2-5,8,25H,6-7,9H2,1H3,(H,23,24)(H2,27,28,29). The molecule has 170 valence electrons. The minimum atomic E-state index is -4.65. The Morgan fingerprint density at radius 1 is 1.22 bits per heavy atom. The molecule has 2 aromatic carbocycles. The minimum absolute atomic E-state index is 0.00850. The number of phosphoric ester groups is 1. The van der Waals surface area contributed by atoms with Crippen molar-refractivity contribution >= 4 is 24.7 Å². The van der Waals surface area contributed by atoms with Crippen molar-refractivity contribution in [1.29, 1.82) is 0 Å². The molecule has 9 nitrogen and oxygen atoms in total. The molecule has 0 saturated heterocycles. The van der Waals surface area contributed by atoms with Gasteiger partial charge in [-0.1, -0.05) is 12.1 Å². The molecule has 12 heteroatoms. The van der Waals surface area contributed by atoms with Gasteiger partial charge in [0.05, 0.1) is 12.0 Å². The van der Waals surface area contributed by atoms with Crippen LogP contribution in [0.1, 0.15) is 16.7 Å². The number of amides is 1. The van der Waals surface area contributed by atoms with E-state index in [-0.39, 0.29) is 35.2 Å². The molecule has 1 aromatic heterocycles. The maximum atomic E-state index is 14.0. The molecule has 0 bridgehead atoms. The van der Waals surface area contributed by atoms with Crippen LogP contribution in [0, 0.1) is 18.6 Å². The van der Waals surface area contributed by atoms with E-state index in [4.69, 9.17) is 14.2 Å². The summed E-state index contributed by atoms with van der Waals surface area (Å²) in [5, 5.41) is 11.9. The van der Waals surface area contributed by atoms with Gasteiger partial charge in [0.15, 0.2) is 17.1 Å². The molecule has 1 amide bonds. The fourth-order valence-corrected chi connectivity index (χ4v) is 3.46. The highest BCUT2D eigenvalue weighted by Crippen LogP contribution is 2.37. The van der Waals surface area contributed by atoms with Gasteiger partial charge < -0.3 is 19.4 Å². The molecule has 0 spiro atoms. The number of halogens is 2. The van der Waals surface area contributed by atoms with Gasteiger partial charge in [0, 0.05) is 11.9 Å². The molecule has 32 heavy (non-hydrogen) atoms. The normalized spacial score (nSPS) is 11.5. The second-order valence-electron chi connectivity index (χ2n) is 6.89. The van der Waals surface area contributed by atoms with Crippen molar-refractivity contribution in [2.75, 3.05) is 6.54 Å². The highest BCUT2D eigenvalue weighted by molar-refractivity contribution is 7.46. The molecule has 0 radical (unpaired) electrons. The minimum Gasteiger partial charge on any atom is -0.503 e. The van der Waals surface area contributed by atoms with Gasteiger partial charge in [-0.3, -0.25) is 14.6 Å². The van der Waals surface area contributed by atoms with Crippen LogP contribution in [0.5, 0.6) is 11.5 Å². The van der Waals surface area contributed by atoms with Crippen LogP contribution in [0.25, 0.3) is 11.0 Å². The summed E-state index contributed by atoms with van der Waals surface area (Å²) in [6, 6.07) is 6.70. The number of aromatic hydroxyl groups is 1. The van der Waals surface area contributed by atoms with Crippen LogP contribution in [0.15, 0.2) is 39.5 Å². The van der Waals surface area contributed by atoms with E-state index < -0.39 is 42.3 Å². The van der Waals surface area contributed by atoms with Gasteiger partial charge in [-0.2, -0.15) is 4.39 Å². The zero-order valence-corrected chi connectivity index (χ0v) is 17.5. The first kappa shape index (κ1) is 23.4. The van der Waals surface area contributed by atoms with Crippen molar-refractivity contribution in [3.05, 3.63) is 69.1 Å². The van der Waals surface area contributed by atoms with Gasteiger partial charge in [-0.05, 0) is 42.7 Å². The largest absolute Gasteiger partial charge is 0.524 e. The van der Waals surface area contributed by atoms with Gasteiger partial charge >= 0.3 is 13.4 Å². The van der Waals surface area contributed by atoms with Gasteiger partial charge in [-0.15, -0.1) is 0 Å². The number of hydrogen-bond acceptors (Lipinski definition) is 6. The Kier molecular flexibility index (Phi) is 6.63. The van der Waals surface area contributed by atoms with Crippen LogP contribution in [0.2, 0.25) is 0 Å². The van der Waals surface area contributed by atoms with Crippen molar-refractivity contribution in [3.63, 3.8) is 0 Å². The lowest BCUT2D eigenvalue weighted by molar-refractivity contribution is -0.120. The molecule has 0 aliphatic carbocycles. The fraction of sp³-hybridized carbons (Fsp3) is 0.200. The molecular formula is C20H18F2NO8P. The van der Waals surface area contributed by atoms with E-state index in [0.717, 1.165) is 11.6 Å². The summed E-state index contributed by atoms with van der Waals surface area (Å²) in [6.45, 7) is 1.60. The van der Waals surface area contributed by atoms with E-state index in [1.165, 1.54) is 19.1 Å². The van der Waals surface area contributed by atoms with Crippen LogP contribution in [-0.2, 0) is 22.2 Å². The Bertz CT molecular complexity index is 1280. The van der Waals surface area contributed by atoms with E-state index in [1.54, 1.807) is 12.1 Å². The van der Waals surface area contributed by atoms with E-state index in [1.807, 2.05) is 0 Å². The summed E-state index contributed by atoms with van der Waals surface area (Å²) >= 11 is 0. The van der Waals surface area contributed by atoms with E-state index in [0.29, 0.717) is 6.42 Å². The van der Waals surface area contributed by atoms with E-state index in [2.05, 4.69) is 9.84 Å². The van der Waals surface area contributed by atoms with Crippen molar-refractivity contribution in [1.82, 2.24) is 5.32 Å². The lowest BCUT2D eigenvalue weighted by Crippen LogP contribution is -2.29. The first-order valence-corrected chi connectivity index (χ1v) is 10.7. The van der Waals surface area contributed by atoms with Crippen molar-refractivity contribution in [2.24, 2.45) is 0 Å². The summed E-state index contributed by atoms with van der Waals surface area (Å²) < 4.78 is 47.8. The monoisotopic (exact) mass is 469 g/mol. The van der Waals surface area contributed by atoms with Crippen LogP contribution in [-0.4, -0.2) is 27.3 Å². The molecule has 3 rings (SSSR count). The number of phenols is 1. The number of carbonyl (C=O) groups excluding carboxylic acids is 1. The average molecular weight is 469 g/mol. The van der Waals surface area contributed by atoms with Gasteiger partial charge in [-0.25, -0.2) is 13.8 Å². The summed E-state index contributed by atoms with van der Waals surface area (Å²) in [6.07, 6.45) is -0.00771. The molecule has 1 heterocycles. The Hall–Kier alpha value is -3.27. The van der Waals surface area contributed by atoms with Crippen molar-refractivity contribution in [2.45, 2.75) is 19.8 Å². The number of fused-ring (bicyclic) bond motifs is 1. The number of phenolic OH excluding ortho intramolecular Hbond substituents is 1. The van der Waals surface area contributed by atoms with E-state index >= 15 is 0 Å². The number of nitrogens with one attached hydrogen (secondary N) is 1.